The number of hydrogen-bond acceptors (Lipinski definition) is 6. The molecule has 1 rings (SSSR count). The molecule has 0 bridgehead atoms. The van der Waals surface area contributed by atoms with E-state index in [1.807, 2.05) is 26.2 Å². The Balaban J connectivity index is 2.35. The topological polar surface area (TPSA) is 51.2 Å². The van der Waals surface area contributed by atoms with Crippen LogP contribution in [0.25, 0.3) is 0 Å². The molecule has 0 saturated heterocycles. The van der Waals surface area contributed by atoms with Gasteiger partial charge in [0.25, 0.3) is 0 Å². The highest BCUT2D eigenvalue weighted by Crippen LogP contribution is 2.23. The highest BCUT2D eigenvalue weighted by atomic mass is 32.2. The zero-order valence-electron chi connectivity index (χ0n) is 11.1. The lowest BCUT2D eigenvalue weighted by Crippen LogP contribution is -2.38. The van der Waals surface area contributed by atoms with Gasteiger partial charge in [0, 0.05) is 16.8 Å². The maximum atomic E-state index is 11.7. The van der Waals surface area contributed by atoms with Gasteiger partial charge in [0.15, 0.2) is 0 Å². The third-order valence-electron chi connectivity index (χ3n) is 2.25. The highest BCUT2D eigenvalue weighted by molar-refractivity contribution is 8.01. The molecule has 0 aliphatic rings. The van der Waals surface area contributed by atoms with Gasteiger partial charge in [-0.05, 0) is 26.8 Å². The van der Waals surface area contributed by atoms with Gasteiger partial charge in [-0.25, -0.2) is 4.98 Å². The van der Waals surface area contributed by atoms with Gasteiger partial charge >= 0.3 is 5.97 Å². The molecule has 1 aromatic heterocycles. The average molecular weight is 288 g/mol. The molecule has 1 aromatic rings. The Morgan fingerprint density at radius 3 is 2.94 bits per heavy atom. The van der Waals surface area contributed by atoms with Crippen LogP contribution in [0.15, 0.2) is 9.72 Å². The van der Waals surface area contributed by atoms with Crippen molar-refractivity contribution in [3.05, 3.63) is 11.1 Å². The number of carbonyl (C=O) groups excluding carboxylic acids is 1. The van der Waals surface area contributed by atoms with E-state index in [-0.39, 0.29) is 12.0 Å². The maximum Gasteiger partial charge on any atom is 0.323 e. The number of carbonyl (C=O) groups is 1. The Hall–Kier alpha value is -0.590. The first kappa shape index (κ1) is 15.5. The van der Waals surface area contributed by atoms with Crippen molar-refractivity contribution in [3.63, 3.8) is 0 Å². The van der Waals surface area contributed by atoms with Crippen LogP contribution in [0.3, 0.4) is 0 Å². The van der Waals surface area contributed by atoms with Crippen LogP contribution in [0.1, 0.15) is 26.0 Å². The number of ether oxygens (including phenoxy) is 1. The van der Waals surface area contributed by atoms with Crippen molar-refractivity contribution >= 4 is 29.1 Å². The monoisotopic (exact) mass is 288 g/mol. The van der Waals surface area contributed by atoms with Crippen LogP contribution in [0.4, 0.5) is 0 Å². The zero-order valence-corrected chi connectivity index (χ0v) is 12.7. The second kappa shape index (κ2) is 8.50. The Labute approximate surface area is 117 Å². The second-order valence-corrected chi connectivity index (χ2v) is 5.95. The van der Waals surface area contributed by atoms with Crippen molar-refractivity contribution in [2.24, 2.45) is 0 Å². The first-order valence-corrected chi connectivity index (χ1v) is 7.98. The number of nitrogens with zero attached hydrogens (tertiary/aromatic N) is 1. The normalized spacial score (nSPS) is 12.4. The van der Waals surface area contributed by atoms with Gasteiger partial charge in [-0.3, -0.25) is 4.79 Å². The van der Waals surface area contributed by atoms with Crippen LogP contribution >= 0.6 is 23.1 Å². The lowest BCUT2D eigenvalue weighted by atomic mass is 10.2. The van der Waals surface area contributed by atoms with Crippen molar-refractivity contribution < 1.29 is 9.53 Å². The maximum absolute atomic E-state index is 11.7. The fourth-order valence-electron chi connectivity index (χ4n) is 1.46. The van der Waals surface area contributed by atoms with Gasteiger partial charge in [0.05, 0.1) is 6.61 Å². The summed E-state index contributed by atoms with van der Waals surface area (Å²) < 4.78 is 6.10. The molecule has 1 N–H and O–H groups in total. The summed E-state index contributed by atoms with van der Waals surface area (Å²) in [6, 6.07) is -0.205. The third kappa shape index (κ3) is 5.37. The van der Waals surface area contributed by atoms with Gasteiger partial charge < -0.3 is 10.1 Å². The van der Waals surface area contributed by atoms with Crippen LogP contribution in [-0.4, -0.2) is 35.9 Å². The molecule has 18 heavy (non-hydrogen) atoms. The van der Waals surface area contributed by atoms with E-state index in [0.717, 1.165) is 28.8 Å². The number of hydrogen-bond donors (Lipinski definition) is 1. The predicted octanol–water partition coefficient (Wildman–Crippen LogP) is 2.47. The summed E-state index contributed by atoms with van der Waals surface area (Å²) in [6.07, 6.45) is 0.760. The number of aromatic nitrogens is 1. The lowest BCUT2D eigenvalue weighted by Gasteiger charge is -2.15. The largest absolute Gasteiger partial charge is 0.465 e. The molecule has 0 fully saturated rings. The Bertz CT molecular complexity index is 369. The summed E-state index contributed by atoms with van der Waals surface area (Å²) in [6.45, 7) is 7.00. The predicted molar refractivity (Wildman–Crippen MR) is 76.3 cm³/mol. The number of thioether (sulfide) groups is 1. The Kier molecular flexibility index (Phi) is 7.31. The third-order valence-corrected chi connectivity index (χ3v) is 4.42. The molecule has 0 aromatic carbocycles. The number of thiazole rings is 1. The highest BCUT2D eigenvalue weighted by Gasteiger charge is 2.18. The molecular formula is C12H20N2O2S2. The van der Waals surface area contributed by atoms with Crippen LogP contribution in [-0.2, 0) is 9.53 Å². The van der Waals surface area contributed by atoms with E-state index < -0.39 is 0 Å². The molecule has 102 valence electrons. The summed E-state index contributed by atoms with van der Waals surface area (Å²) in [5.74, 6) is 0.707. The van der Waals surface area contributed by atoms with E-state index in [9.17, 15) is 4.79 Å². The molecular weight excluding hydrogens is 268 g/mol. The Morgan fingerprint density at radius 2 is 2.39 bits per heavy atom. The zero-order chi connectivity index (χ0) is 13.4. The summed E-state index contributed by atoms with van der Waals surface area (Å²) in [4.78, 5) is 16.1. The van der Waals surface area contributed by atoms with Crippen molar-refractivity contribution in [1.29, 1.82) is 0 Å². The van der Waals surface area contributed by atoms with E-state index in [1.165, 1.54) is 0 Å². The van der Waals surface area contributed by atoms with E-state index in [0.29, 0.717) is 6.61 Å². The van der Waals surface area contributed by atoms with Crippen LogP contribution < -0.4 is 5.32 Å². The first-order chi connectivity index (χ1) is 8.67. The van der Waals surface area contributed by atoms with Crippen molar-refractivity contribution in [2.75, 3.05) is 18.9 Å². The van der Waals surface area contributed by atoms with Crippen LogP contribution in [0.5, 0.6) is 0 Å². The summed E-state index contributed by atoms with van der Waals surface area (Å²) >= 11 is 3.34. The molecule has 0 spiro atoms. The lowest BCUT2D eigenvalue weighted by molar-refractivity contribution is -0.145. The second-order valence-electron chi connectivity index (χ2n) is 3.75. The molecule has 0 amide bonds. The van der Waals surface area contributed by atoms with Crippen LogP contribution in [0.2, 0.25) is 0 Å². The van der Waals surface area contributed by atoms with Crippen molar-refractivity contribution in [3.8, 4) is 0 Å². The van der Waals surface area contributed by atoms with Crippen molar-refractivity contribution in [2.45, 2.75) is 37.6 Å². The summed E-state index contributed by atoms with van der Waals surface area (Å²) in [7, 11) is 0. The Morgan fingerprint density at radius 1 is 1.61 bits per heavy atom. The molecule has 0 aliphatic heterocycles. The number of aryl methyl sites for hydroxylation is 1. The minimum absolute atomic E-state index is 0.157. The van der Waals surface area contributed by atoms with Gasteiger partial charge in [0.1, 0.15) is 10.4 Å². The van der Waals surface area contributed by atoms with E-state index in [2.05, 4.69) is 10.3 Å². The number of nitrogens with one attached hydrogen (secondary N) is 1. The molecule has 0 aliphatic carbocycles. The molecule has 1 heterocycles. The number of likely N-dealkylation sites (N-methyl/N-ethyl adjacent to an activating group) is 1. The number of esters is 1. The quantitative estimate of drug-likeness (QED) is 0.588. The average Bonchev–Trinajstić information content (AvgIpc) is 2.74. The molecule has 0 radical (unpaired) electrons. The molecule has 6 heteroatoms. The molecule has 4 nitrogen and oxygen atoms in total. The van der Waals surface area contributed by atoms with Gasteiger partial charge in [-0.1, -0.05) is 18.7 Å². The standard InChI is InChI=1S/C12H20N2O2S2/c1-4-13-10(11(15)16-5-2)6-7-17-12-14-9(3)8-18-12/h8,10,13H,4-7H2,1-3H3. The molecule has 1 atom stereocenters. The molecule has 1 unspecified atom stereocenters. The van der Waals surface area contributed by atoms with E-state index in [1.54, 1.807) is 23.1 Å². The minimum atomic E-state index is -0.205. The van der Waals surface area contributed by atoms with Crippen LogP contribution in [0, 0.1) is 6.92 Å². The summed E-state index contributed by atoms with van der Waals surface area (Å²) in [5, 5.41) is 5.19. The minimum Gasteiger partial charge on any atom is -0.465 e. The SMILES string of the molecule is CCNC(CCSc1nc(C)cs1)C(=O)OCC. The van der Waals surface area contributed by atoms with Gasteiger partial charge in [0.2, 0.25) is 0 Å². The van der Waals surface area contributed by atoms with E-state index >= 15 is 0 Å². The van der Waals surface area contributed by atoms with E-state index in [4.69, 9.17) is 4.74 Å². The fourth-order valence-corrected chi connectivity index (χ4v) is 3.38. The van der Waals surface area contributed by atoms with Gasteiger partial charge in [-0.2, -0.15) is 0 Å². The number of rotatable bonds is 8. The van der Waals surface area contributed by atoms with Crippen molar-refractivity contribution in [1.82, 2.24) is 10.3 Å². The summed E-state index contributed by atoms with van der Waals surface area (Å²) in [5.41, 5.74) is 1.05. The molecule has 0 saturated carbocycles. The first-order valence-electron chi connectivity index (χ1n) is 6.12. The smallest absolute Gasteiger partial charge is 0.323 e. The van der Waals surface area contributed by atoms with Gasteiger partial charge in [-0.15, -0.1) is 11.3 Å². The fraction of sp³-hybridized carbons (Fsp3) is 0.667.